The summed E-state index contributed by atoms with van der Waals surface area (Å²) < 4.78 is 27.6. The minimum Gasteiger partial charge on any atom is -0.491 e. The smallest absolute Gasteiger partial charge is 0.350 e. The van der Waals surface area contributed by atoms with Gasteiger partial charge in [-0.1, -0.05) is 36.2 Å². The van der Waals surface area contributed by atoms with E-state index in [-0.39, 0.29) is 17.8 Å². The van der Waals surface area contributed by atoms with Gasteiger partial charge in [-0.3, -0.25) is 4.90 Å². The zero-order valence-corrected chi connectivity index (χ0v) is 28.8. The van der Waals surface area contributed by atoms with Gasteiger partial charge in [0.1, 0.15) is 24.8 Å². The van der Waals surface area contributed by atoms with Crippen LogP contribution in [-0.2, 0) is 20.0 Å². The zero-order chi connectivity index (χ0) is 33.5. The maximum atomic E-state index is 12.7. The van der Waals surface area contributed by atoms with E-state index in [4.69, 9.17) is 42.1 Å². The number of rotatable bonds is 14. The molecule has 0 amide bonds. The van der Waals surface area contributed by atoms with E-state index in [1.165, 1.54) is 4.68 Å². The molecule has 3 atom stereocenters. The number of hydrogen-bond acceptors (Lipinski definition) is 9. The molecule has 2 fully saturated rings. The van der Waals surface area contributed by atoms with Gasteiger partial charge in [0.25, 0.3) is 0 Å². The average molecular weight is 698 g/mol. The summed E-state index contributed by atoms with van der Waals surface area (Å²) in [5.41, 5.74) is 3.36. The lowest BCUT2D eigenvalue weighted by molar-refractivity contribution is -0.196. The molecule has 0 aliphatic carbocycles. The van der Waals surface area contributed by atoms with Crippen LogP contribution < -0.4 is 21.1 Å². The van der Waals surface area contributed by atoms with Crippen molar-refractivity contribution in [3.63, 3.8) is 0 Å². The Bertz CT molecular complexity index is 1690. The fraction of sp³-hybridized carbons (Fsp3) is 0.429. The molecule has 3 heterocycles. The van der Waals surface area contributed by atoms with Gasteiger partial charge < -0.3 is 29.6 Å². The highest BCUT2D eigenvalue weighted by atomic mass is 35.5. The van der Waals surface area contributed by atoms with Gasteiger partial charge in [-0.2, -0.15) is 5.10 Å². The second kappa shape index (κ2) is 15.8. The summed E-state index contributed by atoms with van der Waals surface area (Å²) >= 11 is 12.8. The van der Waals surface area contributed by atoms with E-state index in [1.54, 1.807) is 23.0 Å². The molecule has 2 saturated heterocycles. The fourth-order valence-corrected chi connectivity index (χ4v) is 6.34. The summed E-state index contributed by atoms with van der Waals surface area (Å²) in [5, 5.41) is 12.2. The fourth-order valence-electron chi connectivity index (χ4n) is 5.79. The number of halogens is 2. The van der Waals surface area contributed by atoms with Crippen LogP contribution >= 0.6 is 23.2 Å². The topological polar surface area (TPSA) is 104 Å². The monoisotopic (exact) mass is 696 g/mol. The van der Waals surface area contributed by atoms with Crippen molar-refractivity contribution in [3.8, 4) is 11.4 Å². The average Bonchev–Trinajstić information content (AvgIpc) is 3.70. The maximum Gasteiger partial charge on any atom is 0.350 e. The van der Waals surface area contributed by atoms with Gasteiger partial charge in [0.2, 0.25) is 5.79 Å². The van der Waals surface area contributed by atoms with Crippen molar-refractivity contribution in [2.24, 2.45) is 0 Å². The van der Waals surface area contributed by atoms with E-state index in [0.29, 0.717) is 49.6 Å². The van der Waals surface area contributed by atoms with Gasteiger partial charge in [-0.05, 0) is 74.0 Å². The largest absolute Gasteiger partial charge is 0.491 e. The van der Waals surface area contributed by atoms with Crippen molar-refractivity contribution in [1.29, 1.82) is 0 Å². The molecular formula is C35H42Cl2N6O5. The highest BCUT2D eigenvalue weighted by Crippen LogP contribution is 2.40. The van der Waals surface area contributed by atoms with Crippen molar-refractivity contribution in [2.75, 3.05) is 69.8 Å². The first-order valence-corrected chi connectivity index (χ1v) is 17.1. The Morgan fingerprint density at radius 3 is 2.35 bits per heavy atom. The molecular weight excluding hydrogens is 655 g/mol. The van der Waals surface area contributed by atoms with Crippen LogP contribution in [0.3, 0.4) is 0 Å². The molecule has 0 spiro atoms. The van der Waals surface area contributed by atoms with E-state index in [0.717, 1.165) is 54.4 Å². The number of nitrogens with zero attached hydrogens (tertiary/aromatic N) is 4. The summed E-state index contributed by atoms with van der Waals surface area (Å²) in [6, 6.07) is 21.1. The van der Waals surface area contributed by atoms with E-state index >= 15 is 0 Å². The Kier molecular flexibility index (Phi) is 11.3. The quantitative estimate of drug-likeness (QED) is 0.158. The van der Waals surface area contributed by atoms with Gasteiger partial charge in [-0.25, -0.2) is 14.0 Å². The summed E-state index contributed by atoms with van der Waals surface area (Å²) in [7, 11) is 0. The summed E-state index contributed by atoms with van der Waals surface area (Å²) in [5.74, 6) is -0.278. The van der Waals surface area contributed by atoms with Crippen LogP contribution in [0, 0.1) is 0 Å². The van der Waals surface area contributed by atoms with Crippen molar-refractivity contribution < 1.29 is 18.9 Å². The lowest BCUT2D eigenvalue weighted by atomic mass is 10.0. The normalized spacial score (nSPS) is 20.5. The van der Waals surface area contributed by atoms with Gasteiger partial charge >= 0.3 is 5.69 Å². The number of morpholine rings is 1. The predicted molar refractivity (Wildman–Crippen MR) is 188 cm³/mol. The minimum atomic E-state index is -1.02. The molecule has 3 aromatic carbocycles. The third-order valence-corrected chi connectivity index (χ3v) is 9.21. The number of anilines is 2. The lowest BCUT2D eigenvalue weighted by Crippen LogP contribution is -2.47. The van der Waals surface area contributed by atoms with Crippen LogP contribution in [0.4, 0.5) is 11.4 Å². The van der Waals surface area contributed by atoms with Crippen LogP contribution in [0.1, 0.15) is 31.9 Å². The molecule has 0 bridgehead atoms. The molecule has 256 valence electrons. The highest BCUT2D eigenvalue weighted by molar-refractivity contribution is 6.35. The minimum absolute atomic E-state index is 0.0613. The van der Waals surface area contributed by atoms with Crippen LogP contribution in [0.5, 0.6) is 5.75 Å². The Morgan fingerprint density at radius 1 is 1.00 bits per heavy atom. The summed E-state index contributed by atoms with van der Waals surface area (Å²) in [6.07, 6.45) is 2.14. The van der Waals surface area contributed by atoms with E-state index in [2.05, 4.69) is 20.6 Å². The third-order valence-electron chi connectivity index (χ3n) is 8.66. The summed E-state index contributed by atoms with van der Waals surface area (Å²) in [6.45, 7) is 9.62. The molecule has 2 aliphatic heterocycles. The SMILES string of the molecule is CCC(C)n1ncn(-c2ccc(NCCNc3ccc(OC[C@@H]4CO[C@](CN5CCOCC5)(c5ccc(Cl)cc5Cl)O4)cc3)cc2)c1=O. The van der Waals surface area contributed by atoms with Gasteiger partial charge in [0, 0.05) is 48.1 Å². The second-order valence-corrected chi connectivity index (χ2v) is 12.9. The molecule has 2 N–H and O–H groups in total. The molecule has 0 saturated carbocycles. The van der Waals surface area contributed by atoms with Crippen molar-refractivity contribution in [2.45, 2.75) is 38.2 Å². The number of benzene rings is 3. The first kappa shape index (κ1) is 34.3. The highest BCUT2D eigenvalue weighted by Gasteiger charge is 2.46. The van der Waals surface area contributed by atoms with Crippen molar-refractivity contribution in [1.82, 2.24) is 19.2 Å². The zero-order valence-electron chi connectivity index (χ0n) is 27.2. The molecule has 6 rings (SSSR count). The van der Waals surface area contributed by atoms with Crippen LogP contribution in [0.25, 0.3) is 5.69 Å². The first-order chi connectivity index (χ1) is 23.3. The van der Waals surface area contributed by atoms with Gasteiger partial charge in [0.05, 0.1) is 43.1 Å². The van der Waals surface area contributed by atoms with E-state index in [1.807, 2.05) is 68.4 Å². The predicted octanol–water partition coefficient (Wildman–Crippen LogP) is 5.82. The molecule has 11 nitrogen and oxygen atoms in total. The molecule has 4 aromatic rings. The van der Waals surface area contributed by atoms with Gasteiger partial charge in [0.15, 0.2) is 0 Å². The Morgan fingerprint density at radius 2 is 1.69 bits per heavy atom. The van der Waals surface area contributed by atoms with Gasteiger partial charge in [-0.15, -0.1) is 0 Å². The summed E-state index contributed by atoms with van der Waals surface area (Å²) in [4.78, 5) is 14.9. The molecule has 1 unspecified atom stereocenters. The van der Waals surface area contributed by atoms with Crippen molar-refractivity contribution >= 4 is 34.6 Å². The molecule has 1 aromatic heterocycles. The van der Waals surface area contributed by atoms with Crippen LogP contribution in [0.2, 0.25) is 10.0 Å². The number of hydrogen-bond donors (Lipinski definition) is 2. The first-order valence-electron chi connectivity index (χ1n) is 16.4. The number of nitrogens with one attached hydrogen (secondary N) is 2. The Balaban J connectivity index is 0.963. The van der Waals surface area contributed by atoms with Crippen LogP contribution in [-0.4, -0.2) is 84.5 Å². The molecule has 0 radical (unpaired) electrons. The van der Waals surface area contributed by atoms with E-state index in [9.17, 15) is 4.79 Å². The number of ether oxygens (including phenoxy) is 4. The molecule has 2 aliphatic rings. The number of aromatic nitrogens is 3. The Hall–Kier alpha value is -3.58. The standard InChI is InChI=1S/C35H42Cl2N6O5/c1-3-25(2)43-34(44)42(24-40-43)29-9-5-27(6-10-29)38-14-15-39-28-7-11-30(12-8-28)46-21-31-22-47-35(48-31,23-41-16-18-45-19-17-41)32-13-4-26(36)20-33(32)37/h4-13,20,24-25,31,38-39H,3,14-19,21-23H2,1-2H3/t25?,31-,35+/m1/s1. The Labute approximate surface area is 290 Å². The molecule has 48 heavy (non-hydrogen) atoms. The molecule has 13 heteroatoms. The van der Waals surface area contributed by atoms with E-state index < -0.39 is 5.79 Å². The maximum absolute atomic E-state index is 12.7. The second-order valence-electron chi connectivity index (χ2n) is 12.0. The lowest BCUT2D eigenvalue weighted by Gasteiger charge is -2.36. The van der Waals surface area contributed by atoms with Crippen molar-refractivity contribution in [3.05, 3.63) is 99.2 Å². The van der Waals surface area contributed by atoms with Crippen LogP contribution in [0.15, 0.2) is 77.9 Å². The third kappa shape index (κ3) is 8.16.